The fourth-order valence-electron chi connectivity index (χ4n) is 4.71. The molecule has 0 bridgehead atoms. The third-order valence-electron chi connectivity index (χ3n) is 7.31. The van der Waals surface area contributed by atoms with Crippen LogP contribution in [0.5, 0.6) is 0 Å². The zero-order valence-electron chi connectivity index (χ0n) is 21.2. The molecule has 1 atom stereocenters. The van der Waals surface area contributed by atoms with E-state index in [1.807, 2.05) is 10.9 Å². The van der Waals surface area contributed by atoms with E-state index in [0.29, 0.717) is 6.42 Å². The average molecular weight is 492 g/mol. The number of ether oxygens (including phenoxy) is 1. The summed E-state index contributed by atoms with van der Waals surface area (Å²) < 4.78 is 48.5. The number of rotatable bonds is 8. The highest BCUT2D eigenvalue weighted by molar-refractivity contribution is 7.85. The molecule has 188 valence electrons. The molecule has 2 aromatic rings. The average Bonchev–Trinajstić information content (AvgIpc) is 3.24. The molecule has 1 aromatic heterocycles. The van der Waals surface area contributed by atoms with Gasteiger partial charge in [-0.25, -0.2) is 4.68 Å². The Labute approximate surface area is 203 Å². The summed E-state index contributed by atoms with van der Waals surface area (Å²) in [5.41, 5.74) is 3.42. The van der Waals surface area contributed by atoms with Crippen LogP contribution in [0.25, 0.3) is 10.9 Å². The lowest BCUT2D eigenvalue weighted by Crippen LogP contribution is -2.41. The normalized spacial score (nSPS) is 22.5. The summed E-state index contributed by atoms with van der Waals surface area (Å²) in [6.45, 7) is 11.3. The number of aryl methyl sites for hydroxylation is 1. The highest BCUT2D eigenvalue weighted by Crippen LogP contribution is 2.38. The van der Waals surface area contributed by atoms with E-state index in [1.165, 1.54) is 0 Å². The van der Waals surface area contributed by atoms with E-state index < -0.39 is 28.4 Å². The van der Waals surface area contributed by atoms with Crippen molar-refractivity contribution in [3.63, 3.8) is 0 Å². The van der Waals surface area contributed by atoms with Crippen LogP contribution in [0, 0.1) is 6.92 Å². The summed E-state index contributed by atoms with van der Waals surface area (Å²) in [4.78, 5) is 0. The Hall–Kier alpha value is -1.46. The first-order valence-corrected chi connectivity index (χ1v) is 14.0. The molecule has 2 saturated heterocycles. The van der Waals surface area contributed by atoms with Gasteiger partial charge in [0.25, 0.3) is 10.1 Å². The number of hydrogen-bond acceptors (Lipinski definition) is 7. The summed E-state index contributed by atoms with van der Waals surface area (Å²) in [5, 5.41) is 5.75. The van der Waals surface area contributed by atoms with Gasteiger partial charge in [0.05, 0.1) is 35.8 Å². The molecule has 1 aromatic carbocycles. The summed E-state index contributed by atoms with van der Waals surface area (Å²) in [6, 6.07) is 2.18. The SMILES string of the molecule is Cc1cc2c(cnn2C2CCCCO2)c(B2OC(C)(C)C(C)(C)O2)c1CCCCOS(C)(=O)=O. The maximum absolute atomic E-state index is 11.3. The molecule has 0 radical (unpaired) electrons. The van der Waals surface area contributed by atoms with Gasteiger partial charge in [-0.15, -0.1) is 0 Å². The van der Waals surface area contributed by atoms with Crippen LogP contribution in [0.1, 0.15) is 77.2 Å². The summed E-state index contributed by atoms with van der Waals surface area (Å²) in [6.07, 6.45) is 8.28. The van der Waals surface area contributed by atoms with Crippen molar-refractivity contribution in [1.82, 2.24) is 9.78 Å². The zero-order valence-corrected chi connectivity index (χ0v) is 22.0. The third-order valence-corrected chi connectivity index (χ3v) is 7.91. The van der Waals surface area contributed by atoms with Crippen molar-refractivity contribution < 1.29 is 26.6 Å². The van der Waals surface area contributed by atoms with Crippen LogP contribution in [-0.2, 0) is 34.8 Å². The predicted molar refractivity (Wildman–Crippen MR) is 133 cm³/mol. The van der Waals surface area contributed by atoms with Crippen molar-refractivity contribution in [1.29, 1.82) is 0 Å². The van der Waals surface area contributed by atoms with Crippen molar-refractivity contribution in [2.75, 3.05) is 19.5 Å². The Morgan fingerprint density at radius 2 is 1.88 bits per heavy atom. The third kappa shape index (κ3) is 5.21. The highest BCUT2D eigenvalue weighted by atomic mass is 32.2. The van der Waals surface area contributed by atoms with Gasteiger partial charge in [-0.1, -0.05) is 0 Å². The summed E-state index contributed by atoms with van der Waals surface area (Å²) in [7, 11) is -3.94. The molecule has 0 spiro atoms. The van der Waals surface area contributed by atoms with Gasteiger partial charge >= 0.3 is 7.12 Å². The maximum atomic E-state index is 11.3. The van der Waals surface area contributed by atoms with Crippen LogP contribution in [0.2, 0.25) is 0 Å². The highest BCUT2D eigenvalue weighted by Gasteiger charge is 2.52. The van der Waals surface area contributed by atoms with Crippen molar-refractivity contribution >= 4 is 33.6 Å². The Balaban J connectivity index is 1.70. The topological polar surface area (TPSA) is 88.9 Å². The fraction of sp³-hybridized carbons (Fsp3) is 0.708. The van der Waals surface area contributed by atoms with Gasteiger partial charge in [-0.2, -0.15) is 13.5 Å². The molecule has 10 heteroatoms. The molecule has 0 amide bonds. The van der Waals surface area contributed by atoms with Gasteiger partial charge in [0.15, 0.2) is 6.23 Å². The molecule has 0 N–H and O–H groups in total. The number of nitrogens with zero attached hydrogens (tertiary/aromatic N) is 2. The first-order valence-electron chi connectivity index (χ1n) is 12.2. The number of fused-ring (bicyclic) bond motifs is 1. The van der Waals surface area contributed by atoms with E-state index in [9.17, 15) is 8.42 Å². The van der Waals surface area contributed by atoms with E-state index in [2.05, 4.69) is 40.7 Å². The maximum Gasteiger partial charge on any atom is 0.495 e. The molecule has 34 heavy (non-hydrogen) atoms. The second kappa shape index (κ2) is 9.54. The number of unbranched alkanes of at least 4 members (excludes halogenated alkanes) is 1. The van der Waals surface area contributed by atoms with Crippen LogP contribution < -0.4 is 5.46 Å². The number of benzene rings is 1. The smallest absolute Gasteiger partial charge is 0.399 e. The first-order chi connectivity index (χ1) is 15.9. The number of aromatic nitrogens is 2. The summed E-state index contributed by atoms with van der Waals surface area (Å²) in [5.74, 6) is 0. The van der Waals surface area contributed by atoms with Gasteiger partial charge in [0, 0.05) is 12.0 Å². The summed E-state index contributed by atoms with van der Waals surface area (Å²) >= 11 is 0. The second-order valence-electron chi connectivity index (χ2n) is 10.5. The van der Waals surface area contributed by atoms with Gasteiger partial charge in [0.1, 0.15) is 0 Å². The van der Waals surface area contributed by atoms with Gasteiger partial charge in [-0.3, -0.25) is 4.18 Å². The molecule has 0 saturated carbocycles. The minimum Gasteiger partial charge on any atom is -0.399 e. The van der Waals surface area contributed by atoms with Crippen molar-refractivity contribution in [2.24, 2.45) is 0 Å². The van der Waals surface area contributed by atoms with E-state index >= 15 is 0 Å². The van der Waals surface area contributed by atoms with E-state index in [0.717, 1.165) is 72.5 Å². The molecular formula is C24H37BN2O6S. The molecule has 4 rings (SSSR count). The van der Waals surface area contributed by atoms with E-state index in [1.54, 1.807) is 0 Å². The quantitative estimate of drug-likeness (QED) is 0.316. The molecule has 0 aliphatic carbocycles. The van der Waals surface area contributed by atoms with Crippen LogP contribution >= 0.6 is 0 Å². The first kappa shape index (κ1) is 25.6. The largest absolute Gasteiger partial charge is 0.495 e. The number of hydrogen-bond donors (Lipinski definition) is 0. The van der Waals surface area contributed by atoms with Crippen LogP contribution in [0.4, 0.5) is 0 Å². The van der Waals surface area contributed by atoms with Crippen molar-refractivity contribution in [2.45, 2.75) is 90.6 Å². The lowest BCUT2D eigenvalue weighted by atomic mass is 9.71. The van der Waals surface area contributed by atoms with Gasteiger partial charge < -0.3 is 14.0 Å². The Morgan fingerprint density at radius 3 is 2.50 bits per heavy atom. The minimum atomic E-state index is -3.42. The lowest BCUT2D eigenvalue weighted by molar-refractivity contribution is -0.0366. The molecule has 2 fully saturated rings. The zero-order chi connectivity index (χ0) is 24.7. The molecule has 2 aliphatic heterocycles. The van der Waals surface area contributed by atoms with Crippen LogP contribution in [0.3, 0.4) is 0 Å². The molecule has 8 nitrogen and oxygen atoms in total. The monoisotopic (exact) mass is 492 g/mol. The van der Waals surface area contributed by atoms with Crippen LogP contribution in [0.15, 0.2) is 12.3 Å². The van der Waals surface area contributed by atoms with Crippen molar-refractivity contribution in [3.8, 4) is 0 Å². The van der Waals surface area contributed by atoms with Gasteiger partial charge in [0.2, 0.25) is 0 Å². The molecule has 3 heterocycles. The standard InChI is InChI=1S/C24H37BN2O6S/c1-17-15-20-19(16-26-27(20)21-12-8-9-13-30-21)22(25-32-23(2,3)24(4,5)33-25)18(17)11-7-10-14-31-34(6,28)29/h15-16,21H,7-14H2,1-6H3. The molecule has 2 aliphatic rings. The van der Waals surface area contributed by atoms with E-state index in [-0.39, 0.29) is 12.8 Å². The molecule has 1 unspecified atom stereocenters. The fourth-order valence-corrected chi connectivity index (χ4v) is 5.13. The van der Waals surface area contributed by atoms with Gasteiger partial charge in [-0.05, 0) is 95.8 Å². The minimum absolute atomic E-state index is 0.0595. The Bertz CT molecular complexity index is 1120. The Morgan fingerprint density at radius 1 is 1.18 bits per heavy atom. The van der Waals surface area contributed by atoms with Crippen molar-refractivity contribution in [3.05, 3.63) is 23.4 Å². The lowest BCUT2D eigenvalue weighted by Gasteiger charge is -2.32. The Kier molecular flexibility index (Phi) is 7.19. The van der Waals surface area contributed by atoms with E-state index in [4.69, 9.17) is 23.3 Å². The second-order valence-corrected chi connectivity index (χ2v) is 12.1. The molecular weight excluding hydrogens is 455 g/mol. The predicted octanol–water partition coefficient (Wildman–Crippen LogP) is 3.64. The van der Waals surface area contributed by atoms with Crippen LogP contribution in [-0.4, -0.2) is 56.0 Å².